The van der Waals surface area contributed by atoms with Gasteiger partial charge in [-0.3, -0.25) is 4.90 Å². The molecule has 1 aliphatic carbocycles. The molecule has 0 aliphatic heterocycles. The van der Waals surface area contributed by atoms with Gasteiger partial charge in [-0.25, -0.2) is 4.39 Å². The number of hydrogen-bond donors (Lipinski definition) is 1. The smallest absolute Gasteiger partial charge is 0.123 e. The van der Waals surface area contributed by atoms with Gasteiger partial charge in [0.15, 0.2) is 0 Å². The minimum Gasteiger partial charge on any atom is -0.326 e. The molecule has 1 aromatic carbocycles. The van der Waals surface area contributed by atoms with E-state index in [0.717, 1.165) is 5.56 Å². The van der Waals surface area contributed by atoms with E-state index >= 15 is 0 Å². The molecule has 0 radical (unpaired) electrons. The van der Waals surface area contributed by atoms with E-state index in [1.807, 2.05) is 19.1 Å². The van der Waals surface area contributed by atoms with Gasteiger partial charge in [-0.1, -0.05) is 26.0 Å². The summed E-state index contributed by atoms with van der Waals surface area (Å²) in [7, 11) is 2.17. The minimum atomic E-state index is -0.191. The lowest BCUT2D eigenvalue weighted by atomic mass is 9.75. The Labute approximate surface area is 128 Å². The van der Waals surface area contributed by atoms with Crippen LogP contribution in [0.15, 0.2) is 24.3 Å². The molecule has 2 N–H and O–H groups in total. The first-order valence-corrected chi connectivity index (χ1v) is 8.03. The van der Waals surface area contributed by atoms with Gasteiger partial charge in [0.05, 0.1) is 0 Å². The lowest BCUT2D eigenvalue weighted by Crippen LogP contribution is -2.45. The highest BCUT2D eigenvalue weighted by Gasteiger charge is 2.33. The van der Waals surface area contributed by atoms with Crippen LogP contribution < -0.4 is 5.73 Å². The minimum absolute atomic E-state index is 0.0235. The molecule has 3 heteroatoms. The zero-order valence-electron chi connectivity index (χ0n) is 13.8. The molecule has 1 aliphatic rings. The van der Waals surface area contributed by atoms with Gasteiger partial charge in [0.1, 0.15) is 5.82 Å². The zero-order chi connectivity index (χ0) is 15.6. The lowest BCUT2D eigenvalue weighted by Gasteiger charge is -2.43. The molecule has 118 valence electrons. The van der Waals surface area contributed by atoms with E-state index in [2.05, 4.69) is 25.8 Å². The molecule has 1 aromatic rings. The Morgan fingerprint density at radius 3 is 2.19 bits per heavy atom. The third-order valence-corrected chi connectivity index (χ3v) is 5.03. The molecular weight excluding hydrogens is 263 g/mol. The van der Waals surface area contributed by atoms with Gasteiger partial charge in [0.25, 0.3) is 0 Å². The number of benzene rings is 1. The van der Waals surface area contributed by atoms with Crippen LogP contribution in [0.2, 0.25) is 0 Å². The standard InChI is InChI=1S/C18H29FN2/c1-13(20)17(14-5-7-15(19)8-6-14)21(4)16-9-11-18(2,3)12-10-16/h5-8,13,16-17H,9-12,20H2,1-4H3. The summed E-state index contributed by atoms with van der Waals surface area (Å²) >= 11 is 0. The van der Waals surface area contributed by atoms with Crippen molar-refractivity contribution in [3.05, 3.63) is 35.6 Å². The molecule has 0 spiro atoms. The molecule has 2 nitrogen and oxygen atoms in total. The van der Waals surface area contributed by atoms with Crippen molar-refractivity contribution in [3.8, 4) is 0 Å². The first kappa shape index (κ1) is 16.4. The number of nitrogens with zero attached hydrogens (tertiary/aromatic N) is 1. The topological polar surface area (TPSA) is 29.3 Å². The highest BCUT2D eigenvalue weighted by Crippen LogP contribution is 2.39. The van der Waals surface area contributed by atoms with E-state index in [1.165, 1.54) is 37.8 Å². The van der Waals surface area contributed by atoms with Gasteiger partial charge in [-0.2, -0.15) is 0 Å². The fourth-order valence-corrected chi connectivity index (χ4v) is 3.59. The molecule has 1 fully saturated rings. The highest BCUT2D eigenvalue weighted by atomic mass is 19.1. The Kier molecular flexibility index (Phi) is 5.05. The van der Waals surface area contributed by atoms with Crippen LogP contribution >= 0.6 is 0 Å². The Morgan fingerprint density at radius 1 is 1.19 bits per heavy atom. The number of nitrogens with two attached hydrogens (primary N) is 1. The summed E-state index contributed by atoms with van der Waals surface area (Å²) in [5, 5.41) is 0. The van der Waals surface area contributed by atoms with Gasteiger partial charge >= 0.3 is 0 Å². The normalized spacial score (nSPS) is 22.2. The Balaban J connectivity index is 2.13. The molecule has 21 heavy (non-hydrogen) atoms. The third kappa shape index (κ3) is 4.04. The SMILES string of the molecule is CC(N)C(c1ccc(F)cc1)N(C)C1CCC(C)(C)CC1. The van der Waals surface area contributed by atoms with Gasteiger partial charge in [0, 0.05) is 18.1 Å². The quantitative estimate of drug-likeness (QED) is 0.904. The van der Waals surface area contributed by atoms with Gasteiger partial charge in [0.2, 0.25) is 0 Å². The second kappa shape index (κ2) is 6.45. The average molecular weight is 292 g/mol. The van der Waals surface area contributed by atoms with Crippen molar-refractivity contribution in [1.29, 1.82) is 0 Å². The molecule has 0 bridgehead atoms. The molecule has 0 saturated heterocycles. The Hall–Kier alpha value is -0.930. The van der Waals surface area contributed by atoms with Gasteiger partial charge < -0.3 is 5.73 Å². The van der Waals surface area contributed by atoms with Crippen LogP contribution in [0.4, 0.5) is 4.39 Å². The van der Waals surface area contributed by atoms with E-state index in [0.29, 0.717) is 11.5 Å². The average Bonchev–Trinajstić information content (AvgIpc) is 2.40. The summed E-state index contributed by atoms with van der Waals surface area (Å²) in [6.45, 7) is 6.75. The second-order valence-corrected chi connectivity index (χ2v) is 7.42. The maximum Gasteiger partial charge on any atom is 0.123 e. The van der Waals surface area contributed by atoms with E-state index < -0.39 is 0 Å². The fraction of sp³-hybridized carbons (Fsp3) is 0.667. The van der Waals surface area contributed by atoms with Crippen molar-refractivity contribution < 1.29 is 4.39 Å². The Bertz CT molecular complexity index is 443. The van der Waals surface area contributed by atoms with Crippen LogP contribution in [0.5, 0.6) is 0 Å². The van der Waals surface area contributed by atoms with Crippen LogP contribution in [0, 0.1) is 11.2 Å². The first-order chi connectivity index (χ1) is 9.80. The summed E-state index contributed by atoms with van der Waals surface area (Å²) in [6, 6.07) is 7.54. The third-order valence-electron chi connectivity index (χ3n) is 5.03. The number of likely N-dealkylation sites (N-methyl/N-ethyl adjacent to an activating group) is 1. The van der Waals surface area contributed by atoms with Gasteiger partial charge in [-0.05, 0) is 62.8 Å². The summed E-state index contributed by atoms with van der Waals surface area (Å²) < 4.78 is 13.1. The molecule has 1 saturated carbocycles. The van der Waals surface area contributed by atoms with Crippen molar-refractivity contribution in [1.82, 2.24) is 4.90 Å². The van der Waals surface area contributed by atoms with Crippen LogP contribution in [-0.2, 0) is 0 Å². The summed E-state index contributed by atoms with van der Waals surface area (Å²) in [6.07, 6.45) is 4.95. The van der Waals surface area contributed by atoms with Crippen LogP contribution in [0.3, 0.4) is 0 Å². The van der Waals surface area contributed by atoms with Crippen molar-refractivity contribution in [2.45, 2.75) is 64.6 Å². The second-order valence-electron chi connectivity index (χ2n) is 7.42. The van der Waals surface area contributed by atoms with E-state index in [9.17, 15) is 4.39 Å². The summed E-state index contributed by atoms with van der Waals surface area (Å²) in [4.78, 5) is 2.41. The van der Waals surface area contributed by atoms with Crippen LogP contribution in [-0.4, -0.2) is 24.0 Å². The number of halogens is 1. The number of rotatable bonds is 4. The van der Waals surface area contributed by atoms with Crippen LogP contribution in [0.1, 0.15) is 58.1 Å². The molecule has 2 unspecified atom stereocenters. The molecule has 2 rings (SSSR count). The highest BCUT2D eigenvalue weighted by molar-refractivity contribution is 5.21. The Morgan fingerprint density at radius 2 is 1.71 bits per heavy atom. The summed E-state index contributed by atoms with van der Waals surface area (Å²) in [5.41, 5.74) is 7.81. The monoisotopic (exact) mass is 292 g/mol. The largest absolute Gasteiger partial charge is 0.326 e. The van der Waals surface area contributed by atoms with E-state index in [-0.39, 0.29) is 17.9 Å². The predicted octanol–water partition coefficient (Wildman–Crippen LogP) is 4.11. The van der Waals surface area contributed by atoms with Crippen molar-refractivity contribution in [2.75, 3.05) is 7.05 Å². The summed E-state index contributed by atoms with van der Waals surface area (Å²) in [5.74, 6) is -0.191. The zero-order valence-corrected chi connectivity index (χ0v) is 13.8. The molecule has 0 aromatic heterocycles. The first-order valence-electron chi connectivity index (χ1n) is 8.03. The molecular formula is C18H29FN2. The van der Waals surface area contributed by atoms with E-state index in [1.54, 1.807) is 0 Å². The molecule has 0 amide bonds. The predicted molar refractivity (Wildman–Crippen MR) is 86.6 cm³/mol. The van der Waals surface area contributed by atoms with Crippen LogP contribution in [0.25, 0.3) is 0 Å². The maximum atomic E-state index is 13.1. The fourth-order valence-electron chi connectivity index (χ4n) is 3.59. The maximum absolute atomic E-state index is 13.1. The van der Waals surface area contributed by atoms with Crippen molar-refractivity contribution in [3.63, 3.8) is 0 Å². The number of hydrogen-bond acceptors (Lipinski definition) is 2. The van der Waals surface area contributed by atoms with Crippen molar-refractivity contribution >= 4 is 0 Å². The molecule has 0 heterocycles. The van der Waals surface area contributed by atoms with E-state index in [4.69, 9.17) is 5.73 Å². The lowest BCUT2D eigenvalue weighted by molar-refractivity contribution is 0.0856. The van der Waals surface area contributed by atoms with Gasteiger partial charge in [-0.15, -0.1) is 0 Å². The molecule has 2 atom stereocenters. The van der Waals surface area contributed by atoms with Crippen molar-refractivity contribution in [2.24, 2.45) is 11.1 Å².